The smallest absolute Gasteiger partial charge is 0.331 e. The van der Waals surface area contributed by atoms with Crippen molar-refractivity contribution in [1.82, 2.24) is 10.2 Å². The number of carbonyl (C=O) groups excluding carboxylic acids is 3. The molecule has 1 aliphatic rings. The second-order valence-corrected chi connectivity index (χ2v) is 6.12. The molecule has 8 heteroatoms. The Balaban J connectivity index is 1.97. The first-order chi connectivity index (χ1) is 13.5. The van der Waals surface area contributed by atoms with E-state index in [4.69, 9.17) is 14.2 Å². The number of esters is 1. The van der Waals surface area contributed by atoms with Gasteiger partial charge in [-0.25, -0.2) is 9.59 Å². The number of nitrogens with zero attached hydrogens (tertiary/aromatic N) is 1. The van der Waals surface area contributed by atoms with Gasteiger partial charge in [-0.1, -0.05) is 13.0 Å². The lowest BCUT2D eigenvalue weighted by Gasteiger charge is -2.17. The van der Waals surface area contributed by atoms with Crippen LogP contribution in [0, 0.1) is 0 Å². The van der Waals surface area contributed by atoms with Crippen LogP contribution in [0.5, 0.6) is 11.5 Å². The molecule has 8 nitrogen and oxygen atoms in total. The molecule has 1 atom stereocenters. The van der Waals surface area contributed by atoms with E-state index < -0.39 is 24.0 Å². The number of amides is 3. The molecular weight excluding hydrogens is 364 g/mol. The summed E-state index contributed by atoms with van der Waals surface area (Å²) in [6, 6.07) is 4.86. The topological polar surface area (TPSA) is 94.2 Å². The molecule has 0 aliphatic carbocycles. The van der Waals surface area contributed by atoms with E-state index in [9.17, 15) is 14.4 Å². The Labute approximate surface area is 164 Å². The van der Waals surface area contributed by atoms with Gasteiger partial charge in [-0.2, -0.15) is 0 Å². The molecule has 152 valence electrons. The third kappa shape index (κ3) is 5.73. The lowest BCUT2D eigenvalue weighted by Crippen LogP contribution is -2.41. The van der Waals surface area contributed by atoms with E-state index in [1.54, 1.807) is 24.3 Å². The van der Waals surface area contributed by atoms with Crippen molar-refractivity contribution in [3.63, 3.8) is 0 Å². The van der Waals surface area contributed by atoms with Crippen LogP contribution in [-0.2, 0) is 14.3 Å². The minimum atomic E-state index is -1.05. The molecule has 0 radical (unpaired) electrons. The summed E-state index contributed by atoms with van der Waals surface area (Å²) < 4.78 is 16.3. The summed E-state index contributed by atoms with van der Waals surface area (Å²) in [7, 11) is 0. The number of carbonyl (C=O) groups is 3. The highest BCUT2D eigenvalue weighted by Crippen LogP contribution is 2.29. The number of ether oxygens (including phenoxy) is 3. The highest BCUT2D eigenvalue weighted by atomic mass is 16.5. The molecule has 3 amide bonds. The lowest BCUT2D eigenvalue weighted by molar-refractivity contribution is -0.153. The summed E-state index contributed by atoms with van der Waals surface area (Å²) in [5, 5.41) is 2.53. The molecule has 0 saturated carbocycles. The molecule has 0 bridgehead atoms. The van der Waals surface area contributed by atoms with E-state index in [1.165, 1.54) is 13.0 Å². The number of hydrogen-bond donors (Lipinski definition) is 1. The number of benzene rings is 1. The second-order valence-electron chi connectivity index (χ2n) is 6.12. The van der Waals surface area contributed by atoms with Crippen LogP contribution in [0.3, 0.4) is 0 Å². The molecule has 0 aromatic heterocycles. The van der Waals surface area contributed by atoms with Crippen molar-refractivity contribution >= 4 is 24.0 Å². The van der Waals surface area contributed by atoms with Gasteiger partial charge in [0.25, 0.3) is 5.91 Å². The highest BCUT2D eigenvalue weighted by molar-refractivity contribution is 5.99. The van der Waals surface area contributed by atoms with Gasteiger partial charge in [0.15, 0.2) is 17.6 Å². The third-order valence-electron chi connectivity index (χ3n) is 3.90. The van der Waals surface area contributed by atoms with E-state index in [1.807, 2.05) is 13.8 Å². The van der Waals surface area contributed by atoms with Crippen molar-refractivity contribution in [3.8, 4) is 11.5 Å². The van der Waals surface area contributed by atoms with Crippen LogP contribution in [0.25, 0.3) is 6.08 Å². The predicted molar refractivity (Wildman–Crippen MR) is 103 cm³/mol. The van der Waals surface area contributed by atoms with Crippen molar-refractivity contribution in [2.24, 2.45) is 0 Å². The van der Waals surface area contributed by atoms with Gasteiger partial charge in [0.2, 0.25) is 0 Å². The van der Waals surface area contributed by atoms with E-state index in [0.29, 0.717) is 31.3 Å². The van der Waals surface area contributed by atoms with Gasteiger partial charge in [0.05, 0.1) is 13.2 Å². The Kier molecular flexibility index (Phi) is 7.86. The average molecular weight is 390 g/mol. The lowest BCUT2D eigenvalue weighted by atomic mass is 10.2. The number of nitrogens with one attached hydrogen (secondary N) is 1. The van der Waals surface area contributed by atoms with Crippen LogP contribution in [0.2, 0.25) is 0 Å². The summed E-state index contributed by atoms with van der Waals surface area (Å²) in [6.45, 7) is 7.07. The SMILES string of the molecule is CCCOc1ccc(/C=C/C(=O)O[C@@H](C)C(=O)N2CCNC2=O)cc1OCC. The number of imide groups is 1. The maximum atomic E-state index is 12.1. The quantitative estimate of drug-likeness (QED) is 0.514. The molecule has 2 rings (SSSR count). The fourth-order valence-electron chi connectivity index (χ4n) is 2.56. The first-order valence-corrected chi connectivity index (χ1v) is 9.33. The fourth-order valence-corrected chi connectivity index (χ4v) is 2.56. The van der Waals surface area contributed by atoms with Crippen molar-refractivity contribution in [1.29, 1.82) is 0 Å². The normalized spacial score (nSPS) is 14.7. The molecule has 1 heterocycles. The number of urea groups is 1. The largest absolute Gasteiger partial charge is 0.490 e. The molecule has 28 heavy (non-hydrogen) atoms. The van der Waals surface area contributed by atoms with Crippen LogP contribution < -0.4 is 14.8 Å². The van der Waals surface area contributed by atoms with Crippen molar-refractivity contribution in [2.45, 2.75) is 33.3 Å². The van der Waals surface area contributed by atoms with Gasteiger partial charge in [0.1, 0.15) is 0 Å². The summed E-state index contributed by atoms with van der Waals surface area (Å²) in [4.78, 5) is 36.7. The second kappa shape index (κ2) is 10.3. The monoisotopic (exact) mass is 390 g/mol. The Bertz CT molecular complexity index is 746. The Hall–Kier alpha value is -3.03. The Morgan fingerprint density at radius 3 is 2.68 bits per heavy atom. The molecule has 1 N–H and O–H groups in total. The maximum Gasteiger partial charge on any atom is 0.331 e. The average Bonchev–Trinajstić information content (AvgIpc) is 3.11. The van der Waals surface area contributed by atoms with E-state index >= 15 is 0 Å². The first kappa shape index (κ1) is 21.3. The minimum Gasteiger partial charge on any atom is -0.490 e. The van der Waals surface area contributed by atoms with Crippen LogP contribution in [-0.4, -0.2) is 55.2 Å². The summed E-state index contributed by atoms with van der Waals surface area (Å²) >= 11 is 0. The van der Waals surface area contributed by atoms with Gasteiger partial charge in [0, 0.05) is 19.2 Å². The summed E-state index contributed by atoms with van der Waals surface area (Å²) in [6.07, 6.45) is 2.62. The zero-order chi connectivity index (χ0) is 20.5. The number of hydrogen-bond acceptors (Lipinski definition) is 6. The molecule has 1 saturated heterocycles. The standard InChI is InChI=1S/C20H26N2O6/c1-4-12-27-16-8-6-15(13-17(16)26-5-2)7-9-18(23)28-14(3)19(24)22-11-10-21-20(22)25/h6-9,13-14H,4-5,10-12H2,1-3H3,(H,21,25)/b9-7+/t14-/m0/s1. The first-order valence-electron chi connectivity index (χ1n) is 9.33. The Morgan fingerprint density at radius 1 is 1.25 bits per heavy atom. The van der Waals surface area contributed by atoms with E-state index in [0.717, 1.165) is 16.9 Å². The van der Waals surface area contributed by atoms with Crippen LogP contribution in [0.4, 0.5) is 4.79 Å². The Morgan fingerprint density at radius 2 is 2.04 bits per heavy atom. The fraction of sp³-hybridized carbons (Fsp3) is 0.450. The minimum absolute atomic E-state index is 0.266. The van der Waals surface area contributed by atoms with E-state index in [-0.39, 0.29) is 6.54 Å². The molecule has 1 aliphatic heterocycles. The molecule has 1 aromatic rings. The molecule has 0 unspecified atom stereocenters. The van der Waals surface area contributed by atoms with Gasteiger partial charge >= 0.3 is 12.0 Å². The van der Waals surface area contributed by atoms with Gasteiger partial charge in [-0.3, -0.25) is 9.69 Å². The van der Waals surface area contributed by atoms with Crippen LogP contribution in [0.15, 0.2) is 24.3 Å². The predicted octanol–water partition coefficient (Wildman–Crippen LogP) is 2.37. The molecular formula is C20H26N2O6. The van der Waals surface area contributed by atoms with E-state index in [2.05, 4.69) is 5.32 Å². The van der Waals surface area contributed by atoms with Crippen molar-refractivity contribution in [3.05, 3.63) is 29.8 Å². The van der Waals surface area contributed by atoms with Crippen LogP contribution >= 0.6 is 0 Å². The third-order valence-corrected chi connectivity index (χ3v) is 3.90. The summed E-state index contributed by atoms with van der Waals surface area (Å²) in [5.74, 6) is 0.0131. The van der Waals surface area contributed by atoms with Gasteiger partial charge in [-0.05, 0) is 44.0 Å². The molecule has 1 aromatic carbocycles. The molecule has 1 fully saturated rings. The van der Waals surface area contributed by atoms with Crippen LogP contribution in [0.1, 0.15) is 32.8 Å². The van der Waals surface area contributed by atoms with Crippen molar-refractivity contribution < 1.29 is 28.6 Å². The summed E-state index contributed by atoms with van der Waals surface area (Å²) in [5.41, 5.74) is 0.724. The zero-order valence-corrected chi connectivity index (χ0v) is 16.4. The maximum absolute atomic E-state index is 12.1. The van der Waals surface area contributed by atoms with Crippen molar-refractivity contribution in [2.75, 3.05) is 26.3 Å². The van der Waals surface area contributed by atoms with Gasteiger partial charge < -0.3 is 19.5 Å². The number of rotatable bonds is 9. The highest BCUT2D eigenvalue weighted by Gasteiger charge is 2.31. The van der Waals surface area contributed by atoms with Gasteiger partial charge in [-0.15, -0.1) is 0 Å². The zero-order valence-electron chi connectivity index (χ0n) is 16.4. The molecule has 0 spiro atoms.